The zero-order valence-corrected chi connectivity index (χ0v) is 10.1. The second kappa shape index (κ2) is 56.8. The average molecular weight is 216 g/mol. The van der Waals surface area contributed by atoms with E-state index in [4.69, 9.17) is 15.3 Å². The summed E-state index contributed by atoms with van der Waals surface area (Å²) < 4.78 is 0. The van der Waals surface area contributed by atoms with Gasteiger partial charge < -0.3 is 15.3 Å². The van der Waals surface area contributed by atoms with E-state index in [-0.39, 0.29) is 37.8 Å². The Balaban J connectivity index is -0.0000000257. The van der Waals surface area contributed by atoms with Crippen molar-refractivity contribution in [3.8, 4) is 0 Å². The Morgan fingerprint density at radius 1 is 0.700 bits per heavy atom. The fourth-order valence-electron chi connectivity index (χ4n) is 0. The first-order valence-corrected chi connectivity index (χ1v) is 3.07. The predicted octanol–water partition coefficient (Wildman–Crippen LogP) is -1.19. The van der Waals surface area contributed by atoms with Gasteiger partial charge in [0.1, 0.15) is 0 Å². The van der Waals surface area contributed by atoms with E-state index >= 15 is 0 Å². The van der Waals surface area contributed by atoms with Crippen LogP contribution in [-0.4, -0.2) is 53.1 Å². The fourth-order valence-corrected chi connectivity index (χ4v) is 0. The molecule has 0 aliphatic carbocycles. The molecular formula is C6H21AsO3. The molecule has 3 N–H and O–H groups in total. The van der Waals surface area contributed by atoms with Crippen molar-refractivity contribution in [3.63, 3.8) is 0 Å². The second-order valence-electron chi connectivity index (χ2n) is 0.949. The third-order valence-corrected chi connectivity index (χ3v) is 0. The van der Waals surface area contributed by atoms with Crippen LogP contribution in [0.3, 0.4) is 0 Å². The first kappa shape index (κ1) is 22.4. The number of hydrogen-bond acceptors (Lipinski definition) is 3. The van der Waals surface area contributed by atoms with Crippen LogP contribution in [0.25, 0.3) is 0 Å². The summed E-state index contributed by atoms with van der Waals surface area (Å²) in [7, 11) is 0. The number of rotatable bonds is 0. The molecule has 0 aromatic carbocycles. The zero-order valence-electron chi connectivity index (χ0n) is 7.17. The van der Waals surface area contributed by atoms with E-state index in [1.165, 1.54) is 0 Å². The Bertz CT molecular complexity index is 17.7. The molecule has 0 aliphatic rings. The Morgan fingerprint density at radius 3 is 0.700 bits per heavy atom. The summed E-state index contributed by atoms with van der Waals surface area (Å²) in [6.45, 7) is 5.79. The van der Waals surface area contributed by atoms with Gasteiger partial charge in [0, 0.05) is 19.8 Å². The van der Waals surface area contributed by atoms with Gasteiger partial charge in [-0.05, 0) is 20.8 Å². The molecule has 0 saturated heterocycles. The van der Waals surface area contributed by atoms with Crippen LogP contribution in [0.2, 0.25) is 0 Å². The SMILES string of the molecule is CCO.CCO.CCO.[AsH3]. The number of aliphatic hydroxyl groups excluding tert-OH is 3. The van der Waals surface area contributed by atoms with Crippen LogP contribution in [0.4, 0.5) is 0 Å². The topological polar surface area (TPSA) is 60.7 Å². The number of hydrogen-bond donors (Lipinski definition) is 3. The molecule has 1 atom stereocenters. The van der Waals surface area contributed by atoms with E-state index < -0.39 is 0 Å². The van der Waals surface area contributed by atoms with Crippen LogP contribution < -0.4 is 0 Å². The van der Waals surface area contributed by atoms with Gasteiger partial charge in [-0.1, -0.05) is 0 Å². The minimum absolute atomic E-state index is 0. The first-order chi connectivity index (χ1) is 4.24. The third-order valence-electron chi connectivity index (χ3n) is 0. The third kappa shape index (κ3) is 2430. The maximum atomic E-state index is 7.57. The summed E-state index contributed by atoms with van der Waals surface area (Å²) in [5.41, 5.74) is 0. The van der Waals surface area contributed by atoms with E-state index in [0.717, 1.165) is 0 Å². The molecule has 68 valence electrons. The summed E-state index contributed by atoms with van der Waals surface area (Å²) >= 11 is 0. The van der Waals surface area contributed by atoms with Crippen molar-refractivity contribution < 1.29 is 15.3 Å². The normalized spacial score (nSPS) is 5.40. The van der Waals surface area contributed by atoms with Crippen molar-refractivity contribution in [3.05, 3.63) is 0 Å². The standard InChI is InChI=1S/3C2H6O.AsH3/c3*1-2-3;/h3*3H,2H2,1H3;1H3. The van der Waals surface area contributed by atoms with Crippen molar-refractivity contribution in [2.75, 3.05) is 19.8 Å². The summed E-state index contributed by atoms with van der Waals surface area (Å²) in [5, 5.41) is 22.7. The fraction of sp³-hybridized carbons (Fsp3) is 1.00. The molecule has 10 heavy (non-hydrogen) atoms. The van der Waals surface area contributed by atoms with Crippen molar-refractivity contribution in [1.29, 1.82) is 0 Å². The van der Waals surface area contributed by atoms with Gasteiger partial charge in [0.2, 0.25) is 0 Å². The first-order valence-electron chi connectivity index (χ1n) is 3.07. The van der Waals surface area contributed by atoms with Gasteiger partial charge in [0.15, 0.2) is 0 Å². The van der Waals surface area contributed by atoms with Gasteiger partial charge in [-0.25, -0.2) is 0 Å². The zero-order chi connectivity index (χ0) is 8.12. The molecule has 0 aromatic rings. The van der Waals surface area contributed by atoms with Gasteiger partial charge >= 0.3 is 18.0 Å². The van der Waals surface area contributed by atoms with E-state index in [2.05, 4.69) is 0 Å². The van der Waals surface area contributed by atoms with Gasteiger partial charge in [-0.2, -0.15) is 0 Å². The molecule has 0 amide bonds. The van der Waals surface area contributed by atoms with Crippen molar-refractivity contribution >= 4 is 18.0 Å². The quantitative estimate of drug-likeness (QED) is 0.446. The molecule has 0 rings (SSSR count). The Morgan fingerprint density at radius 2 is 0.700 bits per heavy atom. The van der Waals surface area contributed by atoms with Crippen molar-refractivity contribution in [2.24, 2.45) is 0 Å². The van der Waals surface area contributed by atoms with Crippen LogP contribution in [-0.2, 0) is 0 Å². The number of aliphatic hydroxyl groups is 3. The van der Waals surface area contributed by atoms with E-state index in [0.29, 0.717) is 0 Å². The Kier molecular flexibility index (Phi) is 128. The molecule has 0 fully saturated rings. The van der Waals surface area contributed by atoms with Crippen molar-refractivity contribution in [2.45, 2.75) is 20.8 Å². The molecule has 0 aliphatic heterocycles. The second-order valence-corrected chi connectivity index (χ2v) is 0.949. The van der Waals surface area contributed by atoms with Crippen LogP contribution in [0.15, 0.2) is 0 Å². The van der Waals surface area contributed by atoms with Gasteiger partial charge in [0.05, 0.1) is 0 Å². The molecule has 0 spiro atoms. The van der Waals surface area contributed by atoms with Crippen molar-refractivity contribution in [1.82, 2.24) is 0 Å². The summed E-state index contributed by atoms with van der Waals surface area (Å²) in [5.74, 6) is 0. The van der Waals surface area contributed by atoms with E-state index in [1.807, 2.05) is 0 Å². The molecule has 0 radical (unpaired) electrons. The summed E-state index contributed by atoms with van der Waals surface area (Å²) in [6.07, 6.45) is 0. The summed E-state index contributed by atoms with van der Waals surface area (Å²) in [6, 6.07) is 0. The molecular weight excluding hydrogens is 195 g/mol. The van der Waals surface area contributed by atoms with Crippen LogP contribution in [0.1, 0.15) is 20.8 Å². The molecule has 0 heterocycles. The van der Waals surface area contributed by atoms with Gasteiger partial charge in [0.25, 0.3) is 0 Å². The van der Waals surface area contributed by atoms with Crippen LogP contribution in [0.5, 0.6) is 0 Å². The Labute approximate surface area is 74.4 Å². The molecule has 3 nitrogen and oxygen atoms in total. The predicted molar refractivity (Wildman–Crippen MR) is 48.2 cm³/mol. The van der Waals surface area contributed by atoms with Gasteiger partial charge in [-0.15, -0.1) is 0 Å². The van der Waals surface area contributed by atoms with E-state index in [9.17, 15) is 0 Å². The van der Waals surface area contributed by atoms with Crippen LogP contribution in [0, 0.1) is 0 Å². The molecule has 4 heteroatoms. The van der Waals surface area contributed by atoms with E-state index in [1.54, 1.807) is 20.8 Å². The molecule has 0 bridgehead atoms. The average Bonchev–Trinajstić information content (AvgIpc) is 1.70. The van der Waals surface area contributed by atoms with Crippen LogP contribution >= 0.6 is 0 Å². The Hall–Kier alpha value is 0.438. The molecule has 0 saturated carbocycles. The maximum absolute atomic E-state index is 7.57. The molecule has 0 aromatic heterocycles. The molecule has 1 unspecified atom stereocenters. The minimum atomic E-state index is 0. The summed E-state index contributed by atoms with van der Waals surface area (Å²) in [4.78, 5) is 0. The monoisotopic (exact) mass is 216 g/mol. The van der Waals surface area contributed by atoms with Gasteiger partial charge in [-0.3, -0.25) is 0 Å².